The number of nitrogens with one attached hydrogen (secondary N) is 1. The summed E-state index contributed by atoms with van der Waals surface area (Å²) in [4.78, 5) is 23.6. The number of pyridine rings is 1. The standard InChI is InChI=1S/C15H7N3O3/c19-15-13-10(7-2-1-5-16-14(7)21-15)11-8(18-13)3-4-9-12(11)17-6-20-9/h1-6,18H. The normalized spacial score (nSPS) is 12.0. The van der Waals surface area contributed by atoms with Gasteiger partial charge in [-0.15, -0.1) is 0 Å². The average molecular weight is 277 g/mol. The van der Waals surface area contributed by atoms with Crippen molar-refractivity contribution in [2.24, 2.45) is 0 Å². The first-order chi connectivity index (χ1) is 10.3. The van der Waals surface area contributed by atoms with Gasteiger partial charge in [0.25, 0.3) is 0 Å². The van der Waals surface area contributed by atoms with Crippen LogP contribution in [-0.2, 0) is 0 Å². The van der Waals surface area contributed by atoms with Crippen LogP contribution in [-0.4, -0.2) is 15.0 Å². The lowest BCUT2D eigenvalue weighted by Gasteiger charge is -1.97. The third-order valence-corrected chi connectivity index (χ3v) is 3.70. The number of hydrogen-bond acceptors (Lipinski definition) is 5. The van der Waals surface area contributed by atoms with Gasteiger partial charge in [-0.3, -0.25) is 0 Å². The molecule has 6 nitrogen and oxygen atoms in total. The van der Waals surface area contributed by atoms with Gasteiger partial charge < -0.3 is 13.8 Å². The van der Waals surface area contributed by atoms with Gasteiger partial charge in [-0.05, 0) is 24.3 Å². The molecule has 0 unspecified atom stereocenters. The molecule has 5 rings (SSSR count). The van der Waals surface area contributed by atoms with Gasteiger partial charge in [0.2, 0.25) is 5.71 Å². The zero-order valence-corrected chi connectivity index (χ0v) is 10.6. The second-order valence-electron chi connectivity index (χ2n) is 4.81. The quantitative estimate of drug-likeness (QED) is 0.470. The lowest BCUT2D eigenvalue weighted by molar-refractivity contribution is 0.557. The van der Waals surface area contributed by atoms with E-state index in [1.165, 1.54) is 6.39 Å². The molecule has 0 aliphatic heterocycles. The summed E-state index contributed by atoms with van der Waals surface area (Å²) < 4.78 is 10.6. The van der Waals surface area contributed by atoms with Crippen LogP contribution in [0, 0.1) is 0 Å². The van der Waals surface area contributed by atoms with Gasteiger partial charge >= 0.3 is 5.63 Å². The molecule has 6 heteroatoms. The van der Waals surface area contributed by atoms with Crippen LogP contribution in [0.15, 0.2) is 50.5 Å². The van der Waals surface area contributed by atoms with E-state index in [-0.39, 0.29) is 0 Å². The van der Waals surface area contributed by atoms with Gasteiger partial charge in [-0.2, -0.15) is 0 Å². The van der Waals surface area contributed by atoms with Gasteiger partial charge in [0, 0.05) is 27.9 Å². The van der Waals surface area contributed by atoms with Crippen molar-refractivity contribution in [3.8, 4) is 0 Å². The molecule has 100 valence electrons. The highest BCUT2D eigenvalue weighted by Crippen LogP contribution is 2.33. The van der Waals surface area contributed by atoms with Crippen LogP contribution >= 0.6 is 0 Å². The Morgan fingerprint density at radius 2 is 2.05 bits per heavy atom. The Bertz CT molecular complexity index is 1210. The number of oxazole rings is 1. The first-order valence-electron chi connectivity index (χ1n) is 6.38. The molecule has 4 heterocycles. The molecule has 0 fully saturated rings. The SMILES string of the molecule is O=c1oc2ncccc2c2c1[nH]c1ccc3ocnc3c12. The third-order valence-electron chi connectivity index (χ3n) is 3.70. The minimum absolute atomic E-state index is 0.316. The molecular weight excluding hydrogens is 270 g/mol. The highest BCUT2D eigenvalue weighted by atomic mass is 16.4. The van der Waals surface area contributed by atoms with Gasteiger partial charge in [-0.25, -0.2) is 14.8 Å². The summed E-state index contributed by atoms with van der Waals surface area (Å²) in [6, 6.07) is 7.37. The fraction of sp³-hybridized carbons (Fsp3) is 0. The van der Waals surface area contributed by atoms with Crippen molar-refractivity contribution in [1.82, 2.24) is 15.0 Å². The minimum Gasteiger partial charge on any atom is -0.443 e. The summed E-state index contributed by atoms with van der Waals surface area (Å²) in [5.74, 6) is 0. The maximum Gasteiger partial charge on any atom is 0.362 e. The predicted molar refractivity (Wildman–Crippen MR) is 77.2 cm³/mol. The molecule has 0 spiro atoms. The molecule has 4 aromatic heterocycles. The van der Waals surface area contributed by atoms with Crippen molar-refractivity contribution in [2.75, 3.05) is 0 Å². The van der Waals surface area contributed by atoms with Gasteiger partial charge in [-0.1, -0.05) is 0 Å². The monoisotopic (exact) mass is 277 g/mol. The highest BCUT2D eigenvalue weighted by Gasteiger charge is 2.17. The maximum atomic E-state index is 12.2. The van der Waals surface area contributed by atoms with E-state index in [9.17, 15) is 4.79 Å². The summed E-state index contributed by atoms with van der Waals surface area (Å²) in [6.45, 7) is 0. The van der Waals surface area contributed by atoms with Crippen LogP contribution in [0.3, 0.4) is 0 Å². The number of aromatic amines is 1. The van der Waals surface area contributed by atoms with Gasteiger partial charge in [0.05, 0.1) is 0 Å². The number of benzene rings is 1. The first-order valence-corrected chi connectivity index (χ1v) is 6.38. The minimum atomic E-state index is -0.441. The van der Waals surface area contributed by atoms with Crippen molar-refractivity contribution in [3.63, 3.8) is 0 Å². The Morgan fingerprint density at radius 1 is 1.10 bits per heavy atom. The van der Waals surface area contributed by atoms with Gasteiger partial charge in [0.15, 0.2) is 12.0 Å². The average Bonchev–Trinajstić information content (AvgIpc) is 3.11. The molecule has 0 amide bonds. The fourth-order valence-corrected chi connectivity index (χ4v) is 2.83. The Labute approximate surface area is 116 Å². The lowest BCUT2D eigenvalue weighted by Crippen LogP contribution is -1.99. The van der Waals surface area contributed by atoms with Crippen LogP contribution < -0.4 is 5.63 Å². The molecule has 0 bridgehead atoms. The molecule has 1 N–H and O–H groups in total. The van der Waals surface area contributed by atoms with Crippen molar-refractivity contribution in [1.29, 1.82) is 0 Å². The number of nitrogens with zero attached hydrogens (tertiary/aromatic N) is 2. The molecular formula is C15H7N3O3. The molecule has 5 aromatic rings. The zero-order chi connectivity index (χ0) is 14.0. The number of aromatic nitrogens is 3. The van der Waals surface area contributed by atoms with E-state index in [2.05, 4.69) is 15.0 Å². The summed E-state index contributed by atoms with van der Waals surface area (Å²) in [7, 11) is 0. The summed E-state index contributed by atoms with van der Waals surface area (Å²) in [6.07, 6.45) is 2.99. The smallest absolute Gasteiger partial charge is 0.362 e. The van der Waals surface area contributed by atoms with Crippen LogP contribution in [0.2, 0.25) is 0 Å². The van der Waals surface area contributed by atoms with E-state index < -0.39 is 5.63 Å². The van der Waals surface area contributed by atoms with Crippen molar-refractivity contribution < 1.29 is 8.83 Å². The first kappa shape index (κ1) is 10.6. The molecule has 0 radical (unpaired) electrons. The topological polar surface area (TPSA) is 84.9 Å². The van der Waals surface area contributed by atoms with E-state index in [4.69, 9.17) is 8.83 Å². The maximum absolute atomic E-state index is 12.2. The number of hydrogen-bond donors (Lipinski definition) is 1. The van der Waals surface area contributed by atoms with E-state index >= 15 is 0 Å². The summed E-state index contributed by atoms with van der Waals surface area (Å²) in [5.41, 5.74) is 2.50. The van der Waals surface area contributed by atoms with Crippen molar-refractivity contribution in [3.05, 3.63) is 47.3 Å². The number of rotatable bonds is 0. The summed E-state index contributed by atoms with van der Waals surface area (Å²) >= 11 is 0. The number of fused-ring (bicyclic) bond motifs is 7. The second kappa shape index (κ2) is 3.49. The van der Waals surface area contributed by atoms with Crippen LogP contribution in [0.25, 0.3) is 44.0 Å². The Balaban J connectivity index is 2.25. The molecule has 0 aliphatic rings. The van der Waals surface area contributed by atoms with Gasteiger partial charge in [0.1, 0.15) is 11.0 Å². The molecule has 0 atom stereocenters. The van der Waals surface area contributed by atoms with E-state index in [1.807, 2.05) is 24.3 Å². The third kappa shape index (κ3) is 1.24. The molecule has 0 saturated carbocycles. The fourth-order valence-electron chi connectivity index (χ4n) is 2.83. The van der Waals surface area contributed by atoms with Crippen LogP contribution in [0.4, 0.5) is 0 Å². The predicted octanol–water partition coefficient (Wildman–Crippen LogP) is 2.96. The lowest BCUT2D eigenvalue weighted by atomic mass is 10.1. The van der Waals surface area contributed by atoms with Crippen LogP contribution in [0.5, 0.6) is 0 Å². The molecule has 0 aliphatic carbocycles. The van der Waals surface area contributed by atoms with Crippen LogP contribution in [0.1, 0.15) is 0 Å². The van der Waals surface area contributed by atoms with Crippen molar-refractivity contribution in [2.45, 2.75) is 0 Å². The second-order valence-corrected chi connectivity index (χ2v) is 4.81. The number of H-pyrrole nitrogens is 1. The zero-order valence-electron chi connectivity index (χ0n) is 10.6. The highest BCUT2D eigenvalue weighted by molar-refractivity contribution is 6.24. The van der Waals surface area contributed by atoms with E-state index in [0.717, 1.165) is 27.2 Å². The molecule has 21 heavy (non-hydrogen) atoms. The Morgan fingerprint density at radius 3 is 3.00 bits per heavy atom. The Hall–Kier alpha value is -3.15. The van der Waals surface area contributed by atoms with Crippen molar-refractivity contribution >= 4 is 44.0 Å². The Kier molecular flexibility index (Phi) is 1.76. The molecule has 0 saturated heterocycles. The van der Waals surface area contributed by atoms with E-state index in [0.29, 0.717) is 16.8 Å². The van der Waals surface area contributed by atoms with E-state index in [1.54, 1.807) is 6.20 Å². The molecule has 1 aromatic carbocycles. The largest absolute Gasteiger partial charge is 0.443 e. The summed E-state index contributed by atoms with van der Waals surface area (Å²) in [5, 5.41) is 2.39.